The Hall–Kier alpha value is -2.98. The monoisotopic (exact) mass is 450 g/mol. The molecule has 0 bridgehead atoms. The summed E-state index contributed by atoms with van der Waals surface area (Å²) in [6.07, 6.45) is 1.45. The van der Waals surface area contributed by atoms with Crippen molar-refractivity contribution in [3.8, 4) is 0 Å². The number of carbonyl (C=O) groups excluding carboxylic acids is 2. The smallest absolute Gasteiger partial charge is 0.374 e. The highest BCUT2D eigenvalue weighted by Crippen LogP contribution is 2.21. The lowest BCUT2D eigenvalue weighted by atomic mass is 10.1. The third kappa shape index (κ3) is 5.20. The van der Waals surface area contributed by atoms with Crippen LogP contribution in [0.15, 0.2) is 52.0 Å². The summed E-state index contributed by atoms with van der Waals surface area (Å²) in [5.41, 5.74) is 1.41. The van der Waals surface area contributed by atoms with Crippen LogP contribution in [0.1, 0.15) is 30.0 Å². The van der Waals surface area contributed by atoms with Crippen molar-refractivity contribution in [1.82, 2.24) is 9.21 Å². The number of hydrogen-bond donors (Lipinski definition) is 0. The van der Waals surface area contributed by atoms with Crippen LogP contribution in [0.4, 0.5) is 4.39 Å². The molecule has 0 atom stereocenters. The molecule has 2 heterocycles. The molecule has 1 aromatic carbocycles. The van der Waals surface area contributed by atoms with Gasteiger partial charge in [-0.1, -0.05) is 12.1 Å². The van der Waals surface area contributed by atoms with Gasteiger partial charge in [-0.15, -0.1) is 0 Å². The maximum absolute atomic E-state index is 13.1. The van der Waals surface area contributed by atoms with Crippen molar-refractivity contribution in [2.24, 2.45) is 0 Å². The molecule has 0 saturated carbocycles. The Morgan fingerprint density at radius 1 is 1.10 bits per heavy atom. The van der Waals surface area contributed by atoms with Crippen molar-refractivity contribution in [2.75, 3.05) is 32.8 Å². The topological polar surface area (TPSA) is 97.1 Å². The van der Waals surface area contributed by atoms with Crippen LogP contribution >= 0.6 is 0 Å². The highest BCUT2D eigenvalue weighted by atomic mass is 32.2. The fraction of sp³-hybridized carbons (Fsp3) is 0.333. The van der Waals surface area contributed by atoms with E-state index >= 15 is 0 Å². The number of furan rings is 1. The minimum atomic E-state index is -3.94. The number of nitrogens with zero attached hydrogens (tertiary/aromatic N) is 2. The molecule has 1 aliphatic heterocycles. The summed E-state index contributed by atoms with van der Waals surface area (Å²) in [6, 6.07) is 8.30. The maximum atomic E-state index is 13.1. The number of hydrogen-bond acceptors (Lipinski definition) is 6. The molecule has 166 valence electrons. The first-order valence-electron chi connectivity index (χ1n) is 9.72. The van der Waals surface area contributed by atoms with Crippen LogP contribution in [0.25, 0.3) is 5.57 Å². The highest BCUT2D eigenvalue weighted by Gasteiger charge is 2.32. The van der Waals surface area contributed by atoms with Gasteiger partial charge in [0.05, 0.1) is 6.61 Å². The van der Waals surface area contributed by atoms with Crippen LogP contribution in [0, 0.1) is 5.82 Å². The Morgan fingerprint density at radius 2 is 1.74 bits per heavy atom. The number of piperazine rings is 1. The number of halogens is 1. The number of benzene rings is 1. The van der Waals surface area contributed by atoms with Gasteiger partial charge in [0, 0.05) is 32.3 Å². The van der Waals surface area contributed by atoms with Crippen LogP contribution in [0.3, 0.4) is 0 Å². The summed E-state index contributed by atoms with van der Waals surface area (Å²) in [4.78, 5) is 25.8. The lowest BCUT2D eigenvalue weighted by molar-refractivity contribution is -0.127. The van der Waals surface area contributed by atoms with Crippen LogP contribution in [0.2, 0.25) is 0 Å². The Kier molecular flexibility index (Phi) is 6.91. The van der Waals surface area contributed by atoms with E-state index in [9.17, 15) is 22.4 Å². The average Bonchev–Trinajstić information content (AvgIpc) is 3.26. The molecule has 0 N–H and O–H groups in total. The second-order valence-electron chi connectivity index (χ2n) is 6.90. The molecule has 3 rings (SSSR count). The van der Waals surface area contributed by atoms with Gasteiger partial charge in [0.1, 0.15) is 5.82 Å². The fourth-order valence-corrected chi connectivity index (χ4v) is 4.45. The first kappa shape index (κ1) is 22.7. The molecule has 1 amide bonds. The van der Waals surface area contributed by atoms with Crippen molar-refractivity contribution < 1.29 is 31.6 Å². The number of carbonyl (C=O) groups is 2. The van der Waals surface area contributed by atoms with E-state index in [1.807, 2.05) is 0 Å². The Bertz CT molecular complexity index is 1080. The molecular weight excluding hydrogens is 427 g/mol. The molecule has 1 aliphatic rings. The molecule has 1 aromatic heterocycles. The average molecular weight is 450 g/mol. The van der Waals surface area contributed by atoms with Gasteiger partial charge in [0.25, 0.3) is 10.0 Å². The van der Waals surface area contributed by atoms with Gasteiger partial charge in [-0.25, -0.2) is 17.6 Å². The molecule has 0 spiro atoms. The van der Waals surface area contributed by atoms with E-state index in [1.54, 1.807) is 30.9 Å². The predicted octanol–water partition coefficient (Wildman–Crippen LogP) is 2.53. The van der Waals surface area contributed by atoms with Crippen molar-refractivity contribution in [3.63, 3.8) is 0 Å². The first-order valence-corrected chi connectivity index (χ1v) is 11.2. The normalized spacial score (nSPS) is 15.7. The number of rotatable bonds is 6. The number of sulfonamides is 1. The summed E-state index contributed by atoms with van der Waals surface area (Å²) >= 11 is 0. The predicted molar refractivity (Wildman–Crippen MR) is 110 cm³/mol. The minimum absolute atomic E-state index is 0.0902. The minimum Gasteiger partial charge on any atom is -0.460 e. The summed E-state index contributed by atoms with van der Waals surface area (Å²) in [6.45, 7) is 4.12. The number of ether oxygens (including phenoxy) is 1. The SMILES string of the molecule is CCOC(=O)c1ccc(S(=O)(=O)N2CCN(C(=O)/C=C(/C)c3ccc(F)cc3)CC2)o1. The lowest BCUT2D eigenvalue weighted by Gasteiger charge is -2.33. The third-order valence-electron chi connectivity index (χ3n) is 4.84. The Morgan fingerprint density at radius 3 is 2.35 bits per heavy atom. The van der Waals surface area contributed by atoms with E-state index in [2.05, 4.69) is 0 Å². The summed E-state index contributed by atoms with van der Waals surface area (Å²) in [7, 11) is -3.94. The van der Waals surface area contributed by atoms with Gasteiger partial charge in [-0.2, -0.15) is 4.31 Å². The molecule has 2 aromatic rings. The van der Waals surface area contributed by atoms with E-state index < -0.39 is 16.0 Å². The van der Waals surface area contributed by atoms with Crippen LogP contribution < -0.4 is 0 Å². The van der Waals surface area contributed by atoms with Gasteiger partial charge in [-0.3, -0.25) is 4.79 Å². The van der Waals surface area contributed by atoms with Crippen LogP contribution in [0.5, 0.6) is 0 Å². The molecule has 8 nitrogen and oxygen atoms in total. The molecule has 0 unspecified atom stereocenters. The zero-order valence-corrected chi connectivity index (χ0v) is 18.0. The fourth-order valence-electron chi connectivity index (χ4n) is 3.12. The van der Waals surface area contributed by atoms with Crippen molar-refractivity contribution >= 4 is 27.5 Å². The van der Waals surface area contributed by atoms with Crippen molar-refractivity contribution in [1.29, 1.82) is 0 Å². The lowest BCUT2D eigenvalue weighted by Crippen LogP contribution is -2.50. The Labute approximate surface area is 179 Å². The van der Waals surface area contributed by atoms with E-state index in [4.69, 9.17) is 9.15 Å². The zero-order valence-electron chi connectivity index (χ0n) is 17.2. The molecular formula is C21H23FN2O6S. The van der Waals surface area contributed by atoms with Crippen LogP contribution in [-0.2, 0) is 19.6 Å². The van der Waals surface area contributed by atoms with E-state index in [-0.39, 0.29) is 55.4 Å². The molecule has 1 fully saturated rings. The zero-order chi connectivity index (χ0) is 22.6. The second kappa shape index (κ2) is 9.44. The van der Waals surface area contributed by atoms with E-state index in [0.717, 1.165) is 5.56 Å². The van der Waals surface area contributed by atoms with Crippen molar-refractivity contribution in [3.05, 3.63) is 59.6 Å². The first-order chi connectivity index (χ1) is 14.7. The molecule has 10 heteroatoms. The van der Waals surface area contributed by atoms with Gasteiger partial charge >= 0.3 is 5.97 Å². The van der Waals surface area contributed by atoms with Gasteiger partial charge in [0.2, 0.25) is 16.8 Å². The molecule has 31 heavy (non-hydrogen) atoms. The summed E-state index contributed by atoms with van der Waals surface area (Å²) in [5.74, 6) is -1.52. The second-order valence-corrected chi connectivity index (χ2v) is 8.77. The molecule has 0 radical (unpaired) electrons. The highest BCUT2D eigenvalue weighted by molar-refractivity contribution is 7.89. The quantitative estimate of drug-likeness (QED) is 0.496. The number of esters is 1. The van der Waals surface area contributed by atoms with E-state index in [0.29, 0.717) is 5.57 Å². The third-order valence-corrected chi connectivity index (χ3v) is 6.61. The van der Waals surface area contributed by atoms with E-state index in [1.165, 1.54) is 34.6 Å². The standard InChI is InChI=1S/C21H23FN2O6S/c1-3-29-21(26)18-8-9-20(30-18)31(27,28)24-12-10-23(11-13-24)19(25)14-15(2)16-4-6-17(22)7-5-16/h4-9,14H,3,10-13H2,1-2H3/b15-14-. The Balaban J connectivity index is 1.63. The number of amides is 1. The van der Waals surface area contributed by atoms with Crippen LogP contribution in [-0.4, -0.2) is 62.3 Å². The molecule has 0 aliphatic carbocycles. The molecule has 1 saturated heterocycles. The largest absolute Gasteiger partial charge is 0.460 e. The van der Waals surface area contributed by atoms with Gasteiger partial charge < -0.3 is 14.1 Å². The van der Waals surface area contributed by atoms with Crippen molar-refractivity contribution in [2.45, 2.75) is 18.9 Å². The van der Waals surface area contributed by atoms with Gasteiger partial charge in [0.15, 0.2) is 0 Å². The maximum Gasteiger partial charge on any atom is 0.374 e. The summed E-state index contributed by atoms with van der Waals surface area (Å²) < 4.78 is 49.8. The number of allylic oxidation sites excluding steroid dienone is 1. The van der Waals surface area contributed by atoms with Gasteiger partial charge in [-0.05, 0) is 49.2 Å². The summed E-state index contributed by atoms with van der Waals surface area (Å²) in [5, 5.41) is -0.345.